The molecule has 2 fully saturated rings. The molecule has 0 radical (unpaired) electrons. The van der Waals surface area contributed by atoms with Crippen LogP contribution in [0.25, 0.3) is 0 Å². The van der Waals surface area contributed by atoms with Crippen molar-refractivity contribution in [2.45, 2.75) is 70.5 Å². The summed E-state index contributed by atoms with van der Waals surface area (Å²) in [6.45, 7) is 4.94. The molecule has 0 aromatic heterocycles. The van der Waals surface area contributed by atoms with Crippen molar-refractivity contribution in [3.05, 3.63) is 53.6 Å². The zero-order valence-corrected chi connectivity index (χ0v) is 21.7. The Bertz CT molecular complexity index is 1160. The highest BCUT2D eigenvalue weighted by molar-refractivity contribution is 5.92. The number of nitrogens with zero attached hydrogens (tertiary/aromatic N) is 3. The summed E-state index contributed by atoms with van der Waals surface area (Å²) in [7, 11) is 0. The van der Waals surface area contributed by atoms with Gasteiger partial charge >= 0.3 is 0 Å². The van der Waals surface area contributed by atoms with Crippen LogP contribution in [0.15, 0.2) is 42.5 Å². The van der Waals surface area contributed by atoms with Gasteiger partial charge in [0.15, 0.2) is 11.5 Å². The van der Waals surface area contributed by atoms with Gasteiger partial charge in [-0.25, -0.2) is 0 Å². The molecule has 1 saturated carbocycles. The Labute approximate surface area is 219 Å². The summed E-state index contributed by atoms with van der Waals surface area (Å²) in [4.78, 5) is 33.4. The van der Waals surface area contributed by atoms with Gasteiger partial charge in [0.2, 0.25) is 18.6 Å². The standard InChI is InChI=1S/C30H37N3O4/c1-21(34)32-14-13-25-6-4-7-26(33(25)17-22-9-10-22)19-31(18-24-5-2-3-8-27(24)32)30(35)16-23-11-12-28-29(15-23)37-20-36-28/h2-3,5,8,11-12,15,22,25-26H,4,6-7,9-10,13-14,16-20H2,1H3. The lowest BCUT2D eigenvalue weighted by Gasteiger charge is -2.44. The van der Waals surface area contributed by atoms with Crippen LogP contribution in [0.1, 0.15) is 56.6 Å². The molecule has 6 rings (SSSR count). The summed E-state index contributed by atoms with van der Waals surface area (Å²) >= 11 is 0. The lowest BCUT2D eigenvalue weighted by atomic mass is 9.92. The van der Waals surface area contributed by atoms with Gasteiger partial charge in [0.05, 0.1) is 6.42 Å². The first-order valence-corrected chi connectivity index (χ1v) is 13.8. The van der Waals surface area contributed by atoms with Crippen molar-refractivity contribution in [3.8, 4) is 11.5 Å². The second-order valence-corrected chi connectivity index (χ2v) is 11.1. The Morgan fingerprint density at radius 2 is 1.76 bits per heavy atom. The number of rotatable bonds is 4. The highest BCUT2D eigenvalue weighted by Gasteiger charge is 2.37. The molecule has 2 bridgehead atoms. The summed E-state index contributed by atoms with van der Waals surface area (Å²) < 4.78 is 11.0. The zero-order valence-electron chi connectivity index (χ0n) is 21.7. The normalized spacial score (nSPS) is 23.8. The first-order valence-electron chi connectivity index (χ1n) is 13.8. The average molecular weight is 504 g/mol. The Balaban J connectivity index is 1.33. The lowest BCUT2D eigenvalue weighted by molar-refractivity contribution is -0.132. The maximum atomic E-state index is 13.9. The molecule has 2 amide bonds. The third kappa shape index (κ3) is 5.33. The van der Waals surface area contributed by atoms with Crippen molar-refractivity contribution in [1.29, 1.82) is 0 Å². The van der Waals surface area contributed by atoms with Crippen molar-refractivity contribution < 1.29 is 19.1 Å². The van der Waals surface area contributed by atoms with Crippen LogP contribution in [0.2, 0.25) is 0 Å². The van der Waals surface area contributed by atoms with Gasteiger partial charge in [-0.2, -0.15) is 0 Å². The molecule has 2 aromatic carbocycles. The molecular formula is C30H37N3O4. The summed E-state index contributed by atoms with van der Waals surface area (Å²) in [6.07, 6.45) is 7.38. The van der Waals surface area contributed by atoms with E-state index in [2.05, 4.69) is 11.0 Å². The molecule has 1 saturated heterocycles. The Morgan fingerprint density at radius 3 is 2.59 bits per heavy atom. The van der Waals surface area contributed by atoms with E-state index in [1.807, 2.05) is 46.2 Å². The fraction of sp³-hybridized carbons (Fsp3) is 0.533. The number of amides is 2. The van der Waals surface area contributed by atoms with Gasteiger partial charge < -0.3 is 19.3 Å². The predicted octanol–water partition coefficient (Wildman–Crippen LogP) is 4.38. The van der Waals surface area contributed by atoms with E-state index in [1.54, 1.807) is 6.92 Å². The Hall–Kier alpha value is -3.06. The number of carbonyl (C=O) groups is 2. The van der Waals surface area contributed by atoms with Crippen LogP contribution in [0.4, 0.5) is 5.69 Å². The van der Waals surface area contributed by atoms with Crippen LogP contribution < -0.4 is 14.4 Å². The number of hydrogen-bond donors (Lipinski definition) is 0. The van der Waals surface area contributed by atoms with Crippen molar-refractivity contribution in [1.82, 2.24) is 9.80 Å². The zero-order chi connectivity index (χ0) is 25.4. The number of para-hydroxylation sites is 1. The van der Waals surface area contributed by atoms with E-state index in [-0.39, 0.29) is 18.6 Å². The number of ether oxygens (including phenoxy) is 2. The summed E-state index contributed by atoms with van der Waals surface area (Å²) in [5, 5.41) is 0. The Kier molecular flexibility index (Phi) is 6.80. The van der Waals surface area contributed by atoms with Crippen molar-refractivity contribution >= 4 is 17.5 Å². The Morgan fingerprint density at radius 1 is 0.946 bits per heavy atom. The van der Waals surface area contributed by atoms with Crippen LogP contribution >= 0.6 is 0 Å². The van der Waals surface area contributed by atoms with Crippen LogP contribution in [0, 0.1) is 5.92 Å². The van der Waals surface area contributed by atoms with E-state index in [0.717, 1.165) is 61.0 Å². The number of carbonyl (C=O) groups excluding carboxylic acids is 2. The van der Waals surface area contributed by atoms with Gasteiger partial charge in [0, 0.05) is 50.9 Å². The monoisotopic (exact) mass is 503 g/mol. The molecule has 2 aromatic rings. The SMILES string of the molecule is CC(=O)N1CCC2CCCC(CN(C(=O)Cc3ccc4c(c3)OCO4)Cc3ccccc31)N2CC1CC1. The van der Waals surface area contributed by atoms with Gasteiger partial charge in [-0.3, -0.25) is 14.5 Å². The molecule has 0 spiro atoms. The molecule has 3 heterocycles. The van der Waals surface area contributed by atoms with E-state index >= 15 is 0 Å². The first kappa shape index (κ1) is 24.3. The summed E-state index contributed by atoms with van der Waals surface area (Å²) in [5.74, 6) is 2.39. The lowest BCUT2D eigenvalue weighted by Crippen LogP contribution is -2.53. The minimum atomic E-state index is 0.0611. The highest BCUT2D eigenvalue weighted by Crippen LogP contribution is 2.36. The molecule has 1 aliphatic carbocycles. The van der Waals surface area contributed by atoms with Crippen molar-refractivity contribution in [2.24, 2.45) is 5.92 Å². The van der Waals surface area contributed by atoms with Gasteiger partial charge in [-0.15, -0.1) is 0 Å². The average Bonchev–Trinajstić information content (AvgIpc) is 3.59. The molecule has 0 N–H and O–H groups in total. The number of hydrogen-bond acceptors (Lipinski definition) is 5. The molecule has 2 atom stereocenters. The summed E-state index contributed by atoms with van der Waals surface area (Å²) in [6, 6.07) is 14.7. The minimum Gasteiger partial charge on any atom is -0.454 e. The van der Waals surface area contributed by atoms with Crippen LogP contribution in [0.3, 0.4) is 0 Å². The van der Waals surface area contributed by atoms with E-state index in [4.69, 9.17) is 9.47 Å². The second kappa shape index (κ2) is 10.4. The van der Waals surface area contributed by atoms with Gasteiger partial charge in [0.25, 0.3) is 0 Å². The van der Waals surface area contributed by atoms with Crippen LogP contribution in [0.5, 0.6) is 11.5 Å². The fourth-order valence-electron chi connectivity index (χ4n) is 6.31. The first-order chi connectivity index (χ1) is 18.0. The number of fused-ring (bicyclic) bond motifs is 4. The molecule has 37 heavy (non-hydrogen) atoms. The van der Waals surface area contributed by atoms with E-state index in [0.29, 0.717) is 30.8 Å². The van der Waals surface area contributed by atoms with Crippen LogP contribution in [-0.2, 0) is 22.6 Å². The molecule has 7 nitrogen and oxygen atoms in total. The smallest absolute Gasteiger partial charge is 0.231 e. The molecule has 3 aliphatic heterocycles. The molecule has 4 aliphatic rings. The van der Waals surface area contributed by atoms with Gasteiger partial charge in [-0.05, 0) is 67.3 Å². The maximum Gasteiger partial charge on any atom is 0.231 e. The summed E-state index contributed by atoms with van der Waals surface area (Å²) in [5.41, 5.74) is 2.89. The molecular weight excluding hydrogens is 466 g/mol. The quantitative estimate of drug-likeness (QED) is 0.620. The van der Waals surface area contributed by atoms with Gasteiger partial charge in [-0.1, -0.05) is 30.7 Å². The second-order valence-electron chi connectivity index (χ2n) is 11.1. The molecule has 196 valence electrons. The number of benzene rings is 2. The van der Waals surface area contributed by atoms with Crippen molar-refractivity contribution in [2.75, 3.05) is 31.3 Å². The van der Waals surface area contributed by atoms with E-state index in [1.165, 1.54) is 25.7 Å². The highest BCUT2D eigenvalue weighted by atomic mass is 16.7. The van der Waals surface area contributed by atoms with Crippen LogP contribution in [-0.4, -0.2) is 60.1 Å². The third-order valence-corrected chi connectivity index (χ3v) is 8.46. The fourth-order valence-corrected chi connectivity index (χ4v) is 6.31. The number of anilines is 1. The minimum absolute atomic E-state index is 0.0611. The molecule has 7 heteroatoms. The topological polar surface area (TPSA) is 62.3 Å². The maximum absolute atomic E-state index is 13.9. The van der Waals surface area contributed by atoms with E-state index < -0.39 is 0 Å². The van der Waals surface area contributed by atoms with E-state index in [9.17, 15) is 9.59 Å². The largest absolute Gasteiger partial charge is 0.454 e. The van der Waals surface area contributed by atoms with Crippen molar-refractivity contribution in [3.63, 3.8) is 0 Å². The third-order valence-electron chi connectivity index (χ3n) is 8.46. The molecule has 2 unspecified atom stereocenters. The van der Waals surface area contributed by atoms with Gasteiger partial charge in [0.1, 0.15) is 0 Å². The number of piperidine rings is 1. The predicted molar refractivity (Wildman–Crippen MR) is 142 cm³/mol.